The first-order chi connectivity index (χ1) is 15.5. The van der Waals surface area contributed by atoms with E-state index >= 15 is 0 Å². The molecule has 0 saturated heterocycles. The third kappa shape index (κ3) is 6.02. The zero-order valence-electron chi connectivity index (χ0n) is 17.3. The second-order valence-corrected chi connectivity index (χ2v) is 7.26. The molecule has 0 aliphatic heterocycles. The number of anilines is 1. The highest BCUT2D eigenvalue weighted by Gasteiger charge is 2.18. The zero-order valence-corrected chi connectivity index (χ0v) is 18.1. The molecule has 9 heteroatoms. The standard InChI is InChI=1S/C23H22N4O4S/c1-31-21-14-18(27(29)30)12-13-20(21)24-23(32)26-25-22(28)15-19(16-8-4-2-5-9-16)17-10-6-3-7-11-17/h2-14,19H,15H2,1H3,(H,25,28)(H2,24,26,32). The Balaban J connectivity index is 1.62. The monoisotopic (exact) mass is 450 g/mol. The van der Waals surface area contributed by atoms with Gasteiger partial charge in [0.2, 0.25) is 5.91 Å². The van der Waals surface area contributed by atoms with Crippen LogP contribution in [0.25, 0.3) is 0 Å². The fourth-order valence-corrected chi connectivity index (χ4v) is 3.37. The van der Waals surface area contributed by atoms with Crippen LogP contribution in [0.15, 0.2) is 78.9 Å². The number of methoxy groups -OCH3 is 1. The Morgan fingerprint density at radius 3 is 2.12 bits per heavy atom. The minimum Gasteiger partial charge on any atom is -0.494 e. The molecule has 0 aromatic heterocycles. The number of carbonyl (C=O) groups is 1. The van der Waals surface area contributed by atoms with Crippen molar-refractivity contribution in [3.8, 4) is 5.75 Å². The Labute approximate surface area is 190 Å². The van der Waals surface area contributed by atoms with Crippen LogP contribution in [0.1, 0.15) is 23.5 Å². The van der Waals surface area contributed by atoms with E-state index in [1.54, 1.807) is 0 Å². The van der Waals surface area contributed by atoms with Crippen LogP contribution < -0.4 is 20.9 Å². The van der Waals surface area contributed by atoms with Crippen LogP contribution >= 0.6 is 12.2 Å². The molecule has 0 saturated carbocycles. The number of nitro benzene ring substituents is 1. The van der Waals surface area contributed by atoms with Crippen molar-refractivity contribution in [2.45, 2.75) is 12.3 Å². The van der Waals surface area contributed by atoms with Gasteiger partial charge in [-0.1, -0.05) is 60.7 Å². The molecule has 0 unspecified atom stereocenters. The predicted molar refractivity (Wildman–Crippen MR) is 126 cm³/mol. The van der Waals surface area contributed by atoms with Crippen LogP contribution in [-0.4, -0.2) is 23.1 Å². The van der Waals surface area contributed by atoms with Crippen molar-refractivity contribution in [2.24, 2.45) is 0 Å². The zero-order chi connectivity index (χ0) is 22.9. The molecular formula is C23H22N4O4S. The lowest BCUT2D eigenvalue weighted by molar-refractivity contribution is -0.384. The van der Waals surface area contributed by atoms with Crippen molar-refractivity contribution >= 4 is 34.6 Å². The highest BCUT2D eigenvalue weighted by Crippen LogP contribution is 2.29. The van der Waals surface area contributed by atoms with Gasteiger partial charge in [0.1, 0.15) is 5.75 Å². The van der Waals surface area contributed by atoms with Crippen molar-refractivity contribution in [1.29, 1.82) is 0 Å². The third-order valence-electron chi connectivity index (χ3n) is 4.75. The van der Waals surface area contributed by atoms with Gasteiger partial charge in [0.25, 0.3) is 5.69 Å². The summed E-state index contributed by atoms with van der Waals surface area (Å²) in [6.07, 6.45) is 0.213. The number of thiocarbonyl (C=S) groups is 1. The molecule has 3 N–H and O–H groups in total. The lowest BCUT2D eigenvalue weighted by Gasteiger charge is -2.19. The van der Waals surface area contributed by atoms with Crippen LogP contribution in [0.5, 0.6) is 5.75 Å². The Hall–Kier alpha value is -3.98. The number of hydrazine groups is 1. The van der Waals surface area contributed by atoms with Crippen LogP contribution in [0.2, 0.25) is 0 Å². The summed E-state index contributed by atoms with van der Waals surface area (Å²) in [4.78, 5) is 23.0. The first kappa shape index (κ1) is 22.7. The van der Waals surface area contributed by atoms with E-state index in [1.165, 1.54) is 25.3 Å². The summed E-state index contributed by atoms with van der Waals surface area (Å²) >= 11 is 5.22. The minimum atomic E-state index is -0.515. The Bertz CT molecular complexity index is 1050. The van der Waals surface area contributed by atoms with E-state index in [1.807, 2.05) is 60.7 Å². The average Bonchev–Trinajstić information content (AvgIpc) is 2.82. The van der Waals surface area contributed by atoms with Gasteiger partial charge in [-0.25, -0.2) is 0 Å². The maximum atomic E-state index is 12.6. The molecule has 0 radical (unpaired) electrons. The van der Waals surface area contributed by atoms with Crippen molar-refractivity contribution in [3.63, 3.8) is 0 Å². The lowest BCUT2D eigenvalue weighted by Crippen LogP contribution is -2.44. The molecule has 8 nitrogen and oxygen atoms in total. The van der Waals surface area contributed by atoms with Gasteiger partial charge in [0.05, 0.1) is 23.8 Å². The first-order valence-electron chi connectivity index (χ1n) is 9.76. The molecule has 3 aromatic carbocycles. The van der Waals surface area contributed by atoms with E-state index in [0.29, 0.717) is 5.69 Å². The summed E-state index contributed by atoms with van der Waals surface area (Å²) < 4.78 is 5.17. The average molecular weight is 451 g/mol. The van der Waals surface area contributed by atoms with Crippen LogP contribution in [0.3, 0.4) is 0 Å². The number of non-ortho nitro benzene ring substituents is 1. The number of hydrogen-bond acceptors (Lipinski definition) is 5. The van der Waals surface area contributed by atoms with Gasteiger partial charge in [-0.15, -0.1) is 0 Å². The molecule has 3 aromatic rings. The van der Waals surface area contributed by atoms with E-state index < -0.39 is 4.92 Å². The second-order valence-electron chi connectivity index (χ2n) is 6.85. The summed E-state index contributed by atoms with van der Waals surface area (Å²) in [7, 11) is 1.40. The number of rotatable bonds is 7. The number of nitrogens with zero attached hydrogens (tertiary/aromatic N) is 1. The number of hydrogen-bond donors (Lipinski definition) is 3. The van der Waals surface area contributed by atoms with Gasteiger partial charge in [0.15, 0.2) is 5.11 Å². The third-order valence-corrected chi connectivity index (χ3v) is 4.96. The molecule has 1 amide bonds. The van der Waals surface area contributed by atoms with Gasteiger partial charge in [0, 0.05) is 18.4 Å². The fraction of sp³-hybridized carbons (Fsp3) is 0.130. The molecule has 0 aliphatic carbocycles. The number of benzene rings is 3. The van der Waals surface area contributed by atoms with Gasteiger partial charge < -0.3 is 10.1 Å². The fourth-order valence-electron chi connectivity index (χ4n) is 3.21. The van der Waals surface area contributed by atoms with Crippen molar-refractivity contribution < 1.29 is 14.5 Å². The molecule has 0 fully saturated rings. The molecule has 0 bridgehead atoms. The van der Waals surface area contributed by atoms with E-state index in [9.17, 15) is 14.9 Å². The molecular weight excluding hydrogens is 428 g/mol. The van der Waals surface area contributed by atoms with Crippen LogP contribution in [-0.2, 0) is 4.79 Å². The highest BCUT2D eigenvalue weighted by atomic mass is 32.1. The largest absolute Gasteiger partial charge is 0.494 e. The summed E-state index contributed by atoms with van der Waals surface area (Å²) in [5.74, 6) is -0.110. The van der Waals surface area contributed by atoms with Gasteiger partial charge in [-0.05, 0) is 29.4 Å². The molecule has 0 spiro atoms. The minimum absolute atomic E-state index is 0.104. The number of nitro groups is 1. The topological polar surface area (TPSA) is 106 Å². The Morgan fingerprint density at radius 2 is 1.59 bits per heavy atom. The second kappa shape index (κ2) is 10.9. The summed E-state index contributed by atoms with van der Waals surface area (Å²) in [6, 6.07) is 23.7. The molecule has 32 heavy (non-hydrogen) atoms. The quantitative estimate of drug-likeness (QED) is 0.282. The molecule has 0 aliphatic rings. The van der Waals surface area contributed by atoms with Gasteiger partial charge >= 0.3 is 0 Å². The highest BCUT2D eigenvalue weighted by molar-refractivity contribution is 7.80. The van der Waals surface area contributed by atoms with Crippen molar-refractivity contribution in [1.82, 2.24) is 10.9 Å². The van der Waals surface area contributed by atoms with Crippen LogP contribution in [0, 0.1) is 10.1 Å². The van der Waals surface area contributed by atoms with Gasteiger partial charge in [-0.2, -0.15) is 0 Å². The molecule has 3 rings (SSSR count). The smallest absolute Gasteiger partial charge is 0.273 e. The number of carbonyl (C=O) groups excluding carboxylic acids is 1. The maximum Gasteiger partial charge on any atom is 0.273 e. The maximum absolute atomic E-state index is 12.6. The normalized spacial score (nSPS) is 10.3. The van der Waals surface area contributed by atoms with E-state index in [0.717, 1.165) is 11.1 Å². The molecule has 164 valence electrons. The Kier molecular flexibility index (Phi) is 7.71. The predicted octanol–water partition coefficient (Wildman–Crippen LogP) is 4.14. The summed E-state index contributed by atoms with van der Waals surface area (Å²) in [6.45, 7) is 0. The summed E-state index contributed by atoms with van der Waals surface area (Å²) in [5.41, 5.74) is 7.65. The SMILES string of the molecule is COc1cc([N+](=O)[O-])ccc1NC(=S)NNC(=O)CC(c1ccccc1)c1ccccc1. The number of amides is 1. The lowest BCUT2D eigenvalue weighted by atomic mass is 9.88. The van der Waals surface area contributed by atoms with Crippen molar-refractivity contribution in [3.05, 3.63) is 100 Å². The number of ether oxygens (including phenoxy) is 1. The van der Waals surface area contributed by atoms with E-state index in [2.05, 4.69) is 16.2 Å². The molecule has 0 atom stereocenters. The molecule has 0 heterocycles. The van der Waals surface area contributed by atoms with E-state index in [-0.39, 0.29) is 34.8 Å². The van der Waals surface area contributed by atoms with Gasteiger partial charge in [-0.3, -0.25) is 25.8 Å². The summed E-state index contributed by atoms with van der Waals surface area (Å²) in [5, 5.41) is 13.9. The Morgan fingerprint density at radius 1 is 1.00 bits per heavy atom. The van der Waals surface area contributed by atoms with Crippen molar-refractivity contribution in [2.75, 3.05) is 12.4 Å². The van der Waals surface area contributed by atoms with Crippen LogP contribution in [0.4, 0.5) is 11.4 Å². The number of nitrogens with one attached hydrogen (secondary N) is 3. The first-order valence-corrected chi connectivity index (χ1v) is 10.2. The van der Waals surface area contributed by atoms with E-state index in [4.69, 9.17) is 17.0 Å².